The summed E-state index contributed by atoms with van der Waals surface area (Å²) < 4.78 is 26.8. The molecule has 0 aliphatic carbocycles. The van der Waals surface area contributed by atoms with Gasteiger partial charge in [-0.2, -0.15) is 0 Å². The van der Waals surface area contributed by atoms with Crippen molar-refractivity contribution in [2.75, 3.05) is 11.5 Å². The molecule has 0 aromatic heterocycles. The van der Waals surface area contributed by atoms with Crippen molar-refractivity contribution in [3.8, 4) is 0 Å². The quantitative estimate of drug-likeness (QED) is 0.302. The van der Waals surface area contributed by atoms with Crippen LogP contribution in [0.3, 0.4) is 0 Å². The first-order valence-corrected chi connectivity index (χ1v) is 7.58. The zero-order valence-electron chi connectivity index (χ0n) is 9.43. The maximum atomic E-state index is 12.6. The van der Waals surface area contributed by atoms with Crippen LogP contribution in [0.25, 0.3) is 0 Å². The largest absolute Gasteiger partial charge is 0.399 e. The lowest BCUT2D eigenvalue weighted by Gasteiger charge is -1.98. The lowest BCUT2D eigenvalue weighted by Crippen LogP contribution is -1.90. The van der Waals surface area contributed by atoms with Gasteiger partial charge in [0, 0.05) is 14.9 Å². The molecule has 0 saturated carbocycles. The molecular formula is C12H9Br2F2IN2. The monoisotopic (exact) mass is 504 g/mol. The summed E-state index contributed by atoms with van der Waals surface area (Å²) in [7, 11) is 0. The van der Waals surface area contributed by atoms with Gasteiger partial charge in [-0.25, -0.2) is 8.78 Å². The minimum absolute atomic E-state index is 0.321. The Labute approximate surface area is 140 Å². The highest BCUT2D eigenvalue weighted by Gasteiger charge is 2.01. The predicted molar refractivity (Wildman–Crippen MR) is 89.7 cm³/mol. The summed E-state index contributed by atoms with van der Waals surface area (Å²) in [6, 6.07) is 7.42. The molecule has 2 nitrogen and oxygen atoms in total. The zero-order valence-corrected chi connectivity index (χ0v) is 14.8. The molecule has 0 aliphatic rings. The Hall–Kier alpha value is -0.410. The fraction of sp³-hybridized carbons (Fsp3) is 0. The molecule has 2 aromatic rings. The van der Waals surface area contributed by atoms with E-state index in [-0.39, 0.29) is 11.6 Å². The van der Waals surface area contributed by atoms with E-state index in [0.717, 1.165) is 3.57 Å². The molecule has 0 aliphatic heterocycles. The molecule has 7 heteroatoms. The Kier molecular flexibility index (Phi) is 6.48. The van der Waals surface area contributed by atoms with E-state index >= 15 is 0 Å². The van der Waals surface area contributed by atoms with Gasteiger partial charge in [-0.05, 0) is 84.8 Å². The molecule has 0 heterocycles. The van der Waals surface area contributed by atoms with Crippen LogP contribution in [0.1, 0.15) is 0 Å². The Morgan fingerprint density at radius 1 is 0.895 bits per heavy atom. The highest BCUT2D eigenvalue weighted by molar-refractivity contribution is 14.1. The first-order chi connectivity index (χ1) is 8.81. The summed E-state index contributed by atoms with van der Waals surface area (Å²) in [5, 5.41) is 0. The molecule has 2 aromatic carbocycles. The van der Waals surface area contributed by atoms with Crippen molar-refractivity contribution in [2.45, 2.75) is 0 Å². The van der Waals surface area contributed by atoms with E-state index in [1.807, 2.05) is 22.6 Å². The van der Waals surface area contributed by atoms with Crippen molar-refractivity contribution in [1.29, 1.82) is 0 Å². The van der Waals surface area contributed by atoms with Crippen LogP contribution in [-0.4, -0.2) is 0 Å². The average Bonchev–Trinajstić information content (AvgIpc) is 2.33. The number of nitrogens with two attached hydrogens (primary N) is 2. The molecule has 102 valence electrons. The van der Waals surface area contributed by atoms with Gasteiger partial charge in [0.15, 0.2) is 0 Å². The number of halogens is 5. The number of rotatable bonds is 0. The van der Waals surface area contributed by atoms with Crippen molar-refractivity contribution in [1.82, 2.24) is 0 Å². The molecule has 2 rings (SSSR count). The molecule has 0 bridgehead atoms. The number of benzene rings is 2. The molecule has 0 unspecified atom stereocenters. The van der Waals surface area contributed by atoms with E-state index in [1.54, 1.807) is 18.2 Å². The summed E-state index contributed by atoms with van der Waals surface area (Å²) >= 11 is 8.09. The highest BCUT2D eigenvalue weighted by Crippen LogP contribution is 2.23. The third-order valence-corrected chi connectivity index (χ3v) is 4.17. The van der Waals surface area contributed by atoms with E-state index in [4.69, 9.17) is 11.5 Å². The van der Waals surface area contributed by atoms with E-state index in [0.29, 0.717) is 20.3 Å². The smallest absolute Gasteiger partial charge is 0.139 e. The van der Waals surface area contributed by atoms with Crippen LogP contribution >= 0.6 is 54.5 Å². The SMILES string of the molecule is Nc1cc(F)c(Br)cc1I.Nc1ccc(Br)c(F)c1. The van der Waals surface area contributed by atoms with Gasteiger partial charge >= 0.3 is 0 Å². The number of nitrogen functional groups attached to an aromatic ring is 2. The fourth-order valence-electron chi connectivity index (χ4n) is 1.05. The molecule has 0 radical (unpaired) electrons. The van der Waals surface area contributed by atoms with Crippen molar-refractivity contribution in [3.63, 3.8) is 0 Å². The second-order valence-electron chi connectivity index (χ2n) is 3.46. The van der Waals surface area contributed by atoms with Crippen molar-refractivity contribution in [3.05, 3.63) is 54.5 Å². The third-order valence-electron chi connectivity index (χ3n) is 1.98. The van der Waals surface area contributed by atoms with E-state index in [9.17, 15) is 8.78 Å². The summed E-state index contributed by atoms with van der Waals surface area (Å²) in [5.41, 5.74) is 11.6. The molecule has 4 N–H and O–H groups in total. The lowest BCUT2D eigenvalue weighted by atomic mass is 10.3. The topological polar surface area (TPSA) is 52.0 Å². The van der Waals surface area contributed by atoms with Crippen molar-refractivity contribution < 1.29 is 8.78 Å². The Morgan fingerprint density at radius 2 is 1.47 bits per heavy atom. The first kappa shape index (κ1) is 16.6. The maximum Gasteiger partial charge on any atom is 0.139 e. The molecule has 0 fully saturated rings. The van der Waals surface area contributed by atoms with Gasteiger partial charge in [0.2, 0.25) is 0 Å². The molecular weight excluding hydrogens is 497 g/mol. The van der Waals surface area contributed by atoms with Crippen LogP contribution in [-0.2, 0) is 0 Å². The Bertz CT molecular complexity index is 544. The summed E-state index contributed by atoms with van der Waals surface area (Å²) in [6.45, 7) is 0. The van der Waals surface area contributed by atoms with Gasteiger partial charge < -0.3 is 11.5 Å². The van der Waals surface area contributed by atoms with Crippen LogP contribution in [0.15, 0.2) is 39.3 Å². The van der Waals surface area contributed by atoms with Crippen molar-refractivity contribution in [2.24, 2.45) is 0 Å². The minimum atomic E-state index is -0.324. The van der Waals surface area contributed by atoms with Crippen LogP contribution in [0.4, 0.5) is 20.2 Å². The second-order valence-corrected chi connectivity index (χ2v) is 6.33. The number of hydrogen-bond acceptors (Lipinski definition) is 2. The van der Waals surface area contributed by atoms with Gasteiger partial charge in [-0.15, -0.1) is 0 Å². The van der Waals surface area contributed by atoms with Crippen LogP contribution in [0.5, 0.6) is 0 Å². The normalized spacial score (nSPS) is 9.74. The van der Waals surface area contributed by atoms with Gasteiger partial charge in [-0.3, -0.25) is 0 Å². The zero-order chi connectivity index (χ0) is 14.6. The van der Waals surface area contributed by atoms with Gasteiger partial charge in [-0.1, -0.05) is 0 Å². The van der Waals surface area contributed by atoms with E-state index < -0.39 is 0 Å². The van der Waals surface area contributed by atoms with Gasteiger partial charge in [0.05, 0.1) is 8.95 Å². The van der Waals surface area contributed by atoms with Crippen LogP contribution in [0.2, 0.25) is 0 Å². The second kappa shape index (κ2) is 7.39. The molecule has 0 saturated heterocycles. The van der Waals surface area contributed by atoms with Crippen LogP contribution in [0, 0.1) is 15.2 Å². The van der Waals surface area contributed by atoms with E-state index in [2.05, 4.69) is 31.9 Å². The van der Waals surface area contributed by atoms with E-state index in [1.165, 1.54) is 12.1 Å². The Balaban J connectivity index is 0.000000191. The molecule has 19 heavy (non-hydrogen) atoms. The molecule has 0 amide bonds. The first-order valence-electron chi connectivity index (χ1n) is 4.91. The standard InChI is InChI=1S/C6H4BrFIN.C6H5BrFN/c7-3-1-5(9)6(10)2-4(3)8;7-5-2-1-4(9)3-6(5)8/h1-2H,10H2;1-3H,9H2. The Morgan fingerprint density at radius 3 is 1.95 bits per heavy atom. The number of anilines is 2. The highest BCUT2D eigenvalue weighted by atomic mass is 127. The minimum Gasteiger partial charge on any atom is -0.399 e. The summed E-state index contributed by atoms with van der Waals surface area (Å²) in [5.74, 6) is -0.645. The molecule has 0 atom stereocenters. The van der Waals surface area contributed by atoms with Crippen molar-refractivity contribution >= 4 is 65.8 Å². The average molecular weight is 506 g/mol. The third kappa shape index (κ3) is 5.23. The summed E-state index contributed by atoms with van der Waals surface area (Å²) in [6.07, 6.45) is 0. The lowest BCUT2D eigenvalue weighted by molar-refractivity contribution is 0.621. The fourth-order valence-corrected chi connectivity index (χ4v) is 2.54. The number of hydrogen-bond donors (Lipinski definition) is 2. The predicted octanol–water partition coefficient (Wildman–Crippen LogP) is 4.95. The van der Waals surface area contributed by atoms with Gasteiger partial charge in [0.25, 0.3) is 0 Å². The molecule has 0 spiro atoms. The van der Waals surface area contributed by atoms with Gasteiger partial charge in [0.1, 0.15) is 11.6 Å². The summed E-state index contributed by atoms with van der Waals surface area (Å²) in [4.78, 5) is 0. The van der Waals surface area contributed by atoms with Crippen LogP contribution < -0.4 is 11.5 Å². The maximum absolute atomic E-state index is 12.6.